The van der Waals surface area contributed by atoms with Gasteiger partial charge in [-0.25, -0.2) is 0 Å². The maximum atomic E-state index is 11.2. The summed E-state index contributed by atoms with van der Waals surface area (Å²) in [5, 5.41) is 19.6. The zero-order chi connectivity index (χ0) is 13.0. The number of aryl methyl sites for hydroxylation is 1. The van der Waals surface area contributed by atoms with E-state index in [0.717, 1.165) is 5.56 Å². The van der Waals surface area contributed by atoms with Crippen LogP contribution < -0.4 is 5.73 Å². The third kappa shape index (κ3) is 3.36. The molecule has 0 bridgehead atoms. The van der Waals surface area contributed by atoms with E-state index in [0.29, 0.717) is 24.1 Å². The van der Waals surface area contributed by atoms with Crippen LogP contribution in [-0.2, 0) is 0 Å². The maximum Gasteiger partial charge on any atom is 0.159 e. The molecule has 94 valence electrons. The predicted molar refractivity (Wildman–Crippen MR) is 65.8 cm³/mol. The molecule has 0 amide bonds. The van der Waals surface area contributed by atoms with Crippen LogP contribution in [0.4, 0.5) is 0 Å². The highest BCUT2D eigenvalue weighted by Gasteiger charge is 2.19. The molecule has 17 heavy (non-hydrogen) atoms. The number of aliphatic hydroxyl groups excluding tert-OH is 2. The molecule has 0 heterocycles. The summed E-state index contributed by atoms with van der Waals surface area (Å²) in [6, 6.07) is 5.05. The van der Waals surface area contributed by atoms with Gasteiger partial charge in [0.25, 0.3) is 0 Å². The normalized spacial score (nSPS) is 14.4. The number of hydrogen-bond acceptors (Lipinski definition) is 4. The van der Waals surface area contributed by atoms with E-state index in [-0.39, 0.29) is 5.78 Å². The van der Waals surface area contributed by atoms with E-state index in [2.05, 4.69) is 0 Å². The Morgan fingerprint density at radius 2 is 2.06 bits per heavy atom. The molecule has 0 aliphatic carbocycles. The molecular formula is C13H19NO3. The SMILES string of the molecule is CC(=O)c1ccc(C(O)C(O)CCN)c(C)c1. The van der Waals surface area contributed by atoms with Crippen LogP contribution in [0.3, 0.4) is 0 Å². The van der Waals surface area contributed by atoms with Crippen molar-refractivity contribution in [2.75, 3.05) is 6.54 Å². The molecule has 0 fully saturated rings. The second kappa shape index (κ2) is 5.91. The van der Waals surface area contributed by atoms with Crippen LogP contribution >= 0.6 is 0 Å². The molecule has 4 nitrogen and oxygen atoms in total. The Labute approximate surface area is 101 Å². The number of carbonyl (C=O) groups is 1. The summed E-state index contributed by atoms with van der Waals surface area (Å²) >= 11 is 0. The summed E-state index contributed by atoms with van der Waals surface area (Å²) in [7, 11) is 0. The number of rotatable bonds is 5. The minimum Gasteiger partial charge on any atom is -0.390 e. The van der Waals surface area contributed by atoms with Crippen molar-refractivity contribution in [2.24, 2.45) is 5.73 Å². The van der Waals surface area contributed by atoms with Crippen molar-refractivity contribution in [3.05, 3.63) is 34.9 Å². The molecule has 0 radical (unpaired) electrons. The van der Waals surface area contributed by atoms with E-state index in [1.807, 2.05) is 0 Å². The standard InChI is InChI=1S/C13H19NO3/c1-8-7-10(9(2)15)3-4-11(8)13(17)12(16)5-6-14/h3-4,7,12-13,16-17H,5-6,14H2,1-2H3. The van der Waals surface area contributed by atoms with Crippen molar-refractivity contribution in [1.29, 1.82) is 0 Å². The summed E-state index contributed by atoms with van der Waals surface area (Å²) in [5.41, 5.74) is 7.36. The van der Waals surface area contributed by atoms with Gasteiger partial charge in [-0.3, -0.25) is 4.79 Å². The lowest BCUT2D eigenvalue weighted by atomic mass is 9.95. The third-order valence-electron chi connectivity index (χ3n) is 2.82. The number of ketones is 1. The fourth-order valence-electron chi connectivity index (χ4n) is 1.76. The van der Waals surface area contributed by atoms with Crippen LogP contribution in [0.2, 0.25) is 0 Å². The lowest BCUT2D eigenvalue weighted by molar-refractivity contribution is 0.0146. The van der Waals surface area contributed by atoms with Gasteiger partial charge in [0.2, 0.25) is 0 Å². The average molecular weight is 237 g/mol. The Balaban J connectivity index is 2.95. The molecule has 4 N–H and O–H groups in total. The summed E-state index contributed by atoms with van der Waals surface area (Å²) in [4.78, 5) is 11.2. The van der Waals surface area contributed by atoms with Crippen molar-refractivity contribution >= 4 is 5.78 Å². The highest BCUT2D eigenvalue weighted by atomic mass is 16.3. The Bertz CT molecular complexity index is 404. The molecule has 0 aliphatic rings. The number of benzene rings is 1. The number of carbonyl (C=O) groups excluding carboxylic acids is 1. The van der Waals surface area contributed by atoms with Crippen molar-refractivity contribution in [2.45, 2.75) is 32.5 Å². The monoisotopic (exact) mass is 237 g/mol. The second-order valence-electron chi connectivity index (χ2n) is 4.22. The van der Waals surface area contributed by atoms with Gasteiger partial charge in [0.1, 0.15) is 6.10 Å². The highest BCUT2D eigenvalue weighted by molar-refractivity contribution is 5.94. The molecule has 4 heteroatoms. The molecule has 1 rings (SSSR count). The van der Waals surface area contributed by atoms with Gasteiger partial charge in [0.15, 0.2) is 5.78 Å². The van der Waals surface area contributed by atoms with E-state index in [9.17, 15) is 15.0 Å². The Hall–Kier alpha value is -1.23. The summed E-state index contributed by atoms with van der Waals surface area (Å²) in [5.74, 6) is -0.0170. The van der Waals surface area contributed by atoms with E-state index < -0.39 is 12.2 Å². The summed E-state index contributed by atoms with van der Waals surface area (Å²) in [6.45, 7) is 3.62. The molecule has 0 aliphatic heterocycles. The van der Waals surface area contributed by atoms with Gasteiger partial charge in [-0.2, -0.15) is 0 Å². The molecule has 0 aromatic heterocycles. The minimum atomic E-state index is -0.959. The maximum absolute atomic E-state index is 11.2. The van der Waals surface area contributed by atoms with E-state index in [1.165, 1.54) is 6.92 Å². The average Bonchev–Trinajstić information content (AvgIpc) is 2.28. The van der Waals surface area contributed by atoms with Gasteiger partial charge in [-0.05, 0) is 44.0 Å². The molecule has 0 saturated carbocycles. The first-order chi connectivity index (χ1) is 7.97. The Kier molecular flexibility index (Phi) is 4.81. The fraction of sp³-hybridized carbons (Fsp3) is 0.462. The van der Waals surface area contributed by atoms with E-state index in [4.69, 9.17) is 5.73 Å². The first-order valence-electron chi connectivity index (χ1n) is 5.65. The highest BCUT2D eigenvalue weighted by Crippen LogP contribution is 2.23. The molecule has 1 aromatic rings. The van der Waals surface area contributed by atoms with Crippen molar-refractivity contribution in [3.63, 3.8) is 0 Å². The van der Waals surface area contributed by atoms with Crippen molar-refractivity contribution in [3.8, 4) is 0 Å². The Morgan fingerprint density at radius 1 is 1.41 bits per heavy atom. The van der Waals surface area contributed by atoms with Crippen LogP contribution in [0.25, 0.3) is 0 Å². The van der Waals surface area contributed by atoms with Gasteiger partial charge in [0, 0.05) is 5.56 Å². The van der Waals surface area contributed by atoms with Crippen LogP contribution in [0.15, 0.2) is 18.2 Å². The summed E-state index contributed by atoms with van der Waals surface area (Å²) < 4.78 is 0. The van der Waals surface area contributed by atoms with Gasteiger partial charge >= 0.3 is 0 Å². The third-order valence-corrected chi connectivity index (χ3v) is 2.82. The quantitative estimate of drug-likeness (QED) is 0.665. The first kappa shape index (κ1) is 13.8. The fourth-order valence-corrected chi connectivity index (χ4v) is 1.76. The molecule has 0 spiro atoms. The first-order valence-corrected chi connectivity index (χ1v) is 5.65. The number of nitrogens with two attached hydrogens (primary N) is 1. The van der Waals surface area contributed by atoms with Crippen LogP contribution in [0.5, 0.6) is 0 Å². The topological polar surface area (TPSA) is 83.5 Å². The van der Waals surface area contributed by atoms with Crippen molar-refractivity contribution in [1.82, 2.24) is 0 Å². The van der Waals surface area contributed by atoms with Crippen molar-refractivity contribution < 1.29 is 15.0 Å². The number of hydrogen-bond donors (Lipinski definition) is 3. The summed E-state index contributed by atoms with van der Waals surface area (Å²) in [6.07, 6.45) is -1.49. The molecule has 0 saturated heterocycles. The second-order valence-corrected chi connectivity index (χ2v) is 4.22. The van der Waals surface area contributed by atoms with Crippen LogP contribution in [-0.4, -0.2) is 28.6 Å². The number of Topliss-reactive ketones (excluding diaryl/α,β-unsaturated/α-hetero) is 1. The molecular weight excluding hydrogens is 218 g/mol. The van der Waals surface area contributed by atoms with E-state index in [1.54, 1.807) is 25.1 Å². The van der Waals surface area contributed by atoms with Gasteiger partial charge in [-0.1, -0.05) is 12.1 Å². The van der Waals surface area contributed by atoms with Gasteiger partial charge in [0.05, 0.1) is 6.10 Å². The lowest BCUT2D eigenvalue weighted by Gasteiger charge is -2.19. The zero-order valence-corrected chi connectivity index (χ0v) is 10.2. The van der Waals surface area contributed by atoms with Crippen LogP contribution in [0.1, 0.15) is 40.9 Å². The smallest absolute Gasteiger partial charge is 0.159 e. The number of aliphatic hydroxyl groups is 2. The van der Waals surface area contributed by atoms with Gasteiger partial charge < -0.3 is 15.9 Å². The van der Waals surface area contributed by atoms with Crippen LogP contribution in [0, 0.1) is 6.92 Å². The Morgan fingerprint density at radius 3 is 2.53 bits per heavy atom. The lowest BCUT2D eigenvalue weighted by Crippen LogP contribution is -2.22. The predicted octanol–water partition coefficient (Wildman–Crippen LogP) is 0.941. The van der Waals surface area contributed by atoms with E-state index >= 15 is 0 Å². The molecule has 1 aromatic carbocycles. The zero-order valence-electron chi connectivity index (χ0n) is 10.2. The largest absolute Gasteiger partial charge is 0.390 e. The minimum absolute atomic E-state index is 0.0170. The molecule has 2 atom stereocenters. The molecule has 2 unspecified atom stereocenters. The van der Waals surface area contributed by atoms with Gasteiger partial charge in [-0.15, -0.1) is 0 Å².